The van der Waals surface area contributed by atoms with Crippen molar-refractivity contribution in [2.75, 3.05) is 0 Å². The molecule has 6 rings (SSSR count). The van der Waals surface area contributed by atoms with Crippen LogP contribution in [0.15, 0.2) is 156 Å². The van der Waals surface area contributed by atoms with E-state index in [-0.39, 0.29) is 18.6 Å². The number of rotatable bonds is 14. The van der Waals surface area contributed by atoms with Gasteiger partial charge in [-0.05, 0) is 82.4 Å². The molecule has 0 spiro atoms. The molecule has 50 heavy (non-hydrogen) atoms. The zero-order valence-corrected chi connectivity index (χ0v) is 28.6. The molecule has 7 nitrogen and oxygen atoms in total. The normalized spacial score (nSPS) is 11.3. The SMILES string of the molecule is O=C(NC(Cc1ccc(-c2ccc(Oc3ccccc3)cc2)cc1)C(=O)O)c1cc(Br)ccc1OCc1cccc(OCc2ccccc2)c1. The largest absolute Gasteiger partial charge is 0.489 e. The van der Waals surface area contributed by atoms with Crippen LogP contribution in [-0.4, -0.2) is 23.0 Å². The van der Waals surface area contributed by atoms with Gasteiger partial charge in [0.2, 0.25) is 0 Å². The smallest absolute Gasteiger partial charge is 0.326 e. The maximum Gasteiger partial charge on any atom is 0.326 e. The zero-order valence-electron chi connectivity index (χ0n) is 27.0. The van der Waals surface area contributed by atoms with Gasteiger partial charge in [0.05, 0.1) is 5.56 Å². The molecule has 250 valence electrons. The Labute approximate surface area is 299 Å². The Morgan fingerprint density at radius 2 is 1.20 bits per heavy atom. The van der Waals surface area contributed by atoms with E-state index >= 15 is 0 Å². The fourth-order valence-electron chi connectivity index (χ4n) is 5.28. The maximum absolute atomic E-state index is 13.5. The second-order valence-corrected chi connectivity index (χ2v) is 12.5. The third-order valence-electron chi connectivity index (χ3n) is 7.89. The van der Waals surface area contributed by atoms with Crippen LogP contribution >= 0.6 is 15.9 Å². The lowest BCUT2D eigenvalue weighted by atomic mass is 10.0. The molecule has 0 aliphatic carbocycles. The van der Waals surface area contributed by atoms with Crippen LogP contribution in [0.2, 0.25) is 0 Å². The molecule has 1 atom stereocenters. The van der Waals surface area contributed by atoms with Crippen LogP contribution in [0.1, 0.15) is 27.0 Å². The van der Waals surface area contributed by atoms with Gasteiger partial charge in [-0.25, -0.2) is 4.79 Å². The second kappa shape index (κ2) is 16.5. The summed E-state index contributed by atoms with van der Waals surface area (Å²) in [5, 5.41) is 12.7. The van der Waals surface area contributed by atoms with E-state index in [1.807, 2.05) is 133 Å². The number of hydrogen-bond donors (Lipinski definition) is 2. The maximum atomic E-state index is 13.5. The number of carbonyl (C=O) groups is 2. The molecule has 0 fully saturated rings. The molecular formula is C42H34BrNO6. The quantitative estimate of drug-likeness (QED) is 0.116. The summed E-state index contributed by atoms with van der Waals surface area (Å²) in [7, 11) is 0. The second-order valence-electron chi connectivity index (χ2n) is 11.6. The molecule has 0 saturated heterocycles. The molecule has 1 amide bonds. The predicted molar refractivity (Wildman–Crippen MR) is 197 cm³/mol. The van der Waals surface area contributed by atoms with Crippen molar-refractivity contribution < 1.29 is 28.9 Å². The van der Waals surface area contributed by atoms with Crippen LogP contribution in [0, 0.1) is 0 Å². The van der Waals surface area contributed by atoms with Gasteiger partial charge in [0.1, 0.15) is 42.3 Å². The van der Waals surface area contributed by atoms with Crippen LogP contribution in [-0.2, 0) is 24.4 Å². The van der Waals surface area contributed by atoms with Crippen molar-refractivity contribution in [1.82, 2.24) is 5.32 Å². The Balaban J connectivity index is 1.07. The first-order valence-corrected chi connectivity index (χ1v) is 16.8. The van der Waals surface area contributed by atoms with Crippen LogP contribution in [0.4, 0.5) is 0 Å². The van der Waals surface area contributed by atoms with Crippen LogP contribution < -0.4 is 19.5 Å². The van der Waals surface area contributed by atoms with Crippen LogP contribution in [0.25, 0.3) is 11.1 Å². The fourth-order valence-corrected chi connectivity index (χ4v) is 5.64. The summed E-state index contributed by atoms with van der Waals surface area (Å²) in [6, 6.07) is 46.3. The standard InChI is InChI=1S/C42H34BrNO6/c43-34-20-23-40(49-28-31-10-7-13-37(24-31)48-27-30-8-3-1-4-9-30)38(26-34)41(45)44-39(42(46)47)25-29-14-16-32(17-15-29)33-18-21-36(22-19-33)50-35-11-5-2-6-12-35/h1-24,26,39H,25,27-28H2,(H,44,45)(H,46,47). The Morgan fingerprint density at radius 3 is 1.90 bits per heavy atom. The van der Waals surface area contributed by atoms with E-state index in [2.05, 4.69) is 21.2 Å². The number of carboxylic acid groups (broad SMARTS) is 1. The van der Waals surface area contributed by atoms with E-state index < -0.39 is 17.9 Å². The van der Waals surface area contributed by atoms with Crippen molar-refractivity contribution in [3.8, 4) is 34.1 Å². The number of nitrogens with one attached hydrogen (secondary N) is 1. The molecule has 6 aromatic carbocycles. The summed E-state index contributed by atoms with van der Waals surface area (Å²) in [6.45, 7) is 0.623. The van der Waals surface area contributed by atoms with Gasteiger partial charge in [0.25, 0.3) is 5.91 Å². The molecule has 0 bridgehead atoms. The highest BCUT2D eigenvalue weighted by molar-refractivity contribution is 9.10. The van der Waals surface area contributed by atoms with Gasteiger partial charge >= 0.3 is 5.97 Å². The molecule has 0 aliphatic heterocycles. The molecular weight excluding hydrogens is 694 g/mol. The molecule has 0 aromatic heterocycles. The third-order valence-corrected chi connectivity index (χ3v) is 8.38. The van der Waals surface area contributed by atoms with Gasteiger partial charge in [-0.3, -0.25) is 4.79 Å². The van der Waals surface area contributed by atoms with Gasteiger partial charge < -0.3 is 24.6 Å². The van der Waals surface area contributed by atoms with Gasteiger partial charge in [-0.2, -0.15) is 0 Å². The molecule has 2 N–H and O–H groups in total. The zero-order chi connectivity index (χ0) is 34.7. The minimum Gasteiger partial charge on any atom is -0.489 e. The number of carbonyl (C=O) groups excluding carboxylic acids is 1. The number of hydrogen-bond acceptors (Lipinski definition) is 5. The predicted octanol–water partition coefficient (Wildman–Crippen LogP) is 9.49. The first-order chi connectivity index (χ1) is 24.4. The molecule has 0 aliphatic rings. The molecule has 1 unspecified atom stereocenters. The average molecular weight is 729 g/mol. The topological polar surface area (TPSA) is 94.1 Å². The van der Waals surface area contributed by atoms with Crippen molar-refractivity contribution in [1.29, 1.82) is 0 Å². The Morgan fingerprint density at radius 1 is 0.600 bits per heavy atom. The summed E-state index contributed by atoms with van der Waals surface area (Å²) in [4.78, 5) is 25.8. The van der Waals surface area contributed by atoms with E-state index in [1.165, 1.54) is 0 Å². The van der Waals surface area contributed by atoms with E-state index in [4.69, 9.17) is 14.2 Å². The summed E-state index contributed by atoms with van der Waals surface area (Å²) < 4.78 is 18.6. The van der Waals surface area contributed by atoms with Crippen LogP contribution in [0.3, 0.4) is 0 Å². The highest BCUT2D eigenvalue weighted by atomic mass is 79.9. The average Bonchev–Trinajstić information content (AvgIpc) is 3.15. The Bertz CT molecular complexity index is 2030. The lowest BCUT2D eigenvalue weighted by Gasteiger charge is -2.17. The first-order valence-electron chi connectivity index (χ1n) is 16.0. The minimum atomic E-state index is -1.16. The van der Waals surface area contributed by atoms with Crippen molar-refractivity contribution in [2.45, 2.75) is 25.7 Å². The molecule has 6 aromatic rings. The molecule has 0 saturated carbocycles. The number of halogens is 1. The highest BCUT2D eigenvalue weighted by Crippen LogP contribution is 2.28. The summed E-state index contributed by atoms with van der Waals surface area (Å²) in [6.07, 6.45) is 0.102. The number of para-hydroxylation sites is 1. The lowest BCUT2D eigenvalue weighted by Crippen LogP contribution is -2.42. The fraction of sp³-hybridized carbons (Fsp3) is 0.0952. The van der Waals surface area contributed by atoms with E-state index in [9.17, 15) is 14.7 Å². The first kappa shape index (κ1) is 34.0. The lowest BCUT2D eigenvalue weighted by molar-refractivity contribution is -0.139. The van der Waals surface area contributed by atoms with Crippen molar-refractivity contribution >= 4 is 27.8 Å². The third kappa shape index (κ3) is 9.39. The van der Waals surface area contributed by atoms with E-state index in [1.54, 1.807) is 18.2 Å². The van der Waals surface area contributed by atoms with Gasteiger partial charge in [0.15, 0.2) is 0 Å². The van der Waals surface area contributed by atoms with Gasteiger partial charge in [-0.1, -0.05) is 113 Å². The molecule has 0 radical (unpaired) electrons. The van der Waals surface area contributed by atoms with E-state index in [0.717, 1.165) is 39.3 Å². The van der Waals surface area contributed by atoms with Crippen molar-refractivity contribution in [3.63, 3.8) is 0 Å². The van der Waals surface area contributed by atoms with Crippen molar-refractivity contribution in [3.05, 3.63) is 178 Å². The van der Waals surface area contributed by atoms with E-state index in [0.29, 0.717) is 22.6 Å². The summed E-state index contributed by atoms with van der Waals surface area (Å²) in [5.74, 6) is 0.834. The summed E-state index contributed by atoms with van der Waals surface area (Å²) in [5.41, 5.74) is 4.87. The highest BCUT2D eigenvalue weighted by Gasteiger charge is 2.23. The molecule has 8 heteroatoms. The van der Waals surface area contributed by atoms with Gasteiger partial charge in [-0.15, -0.1) is 0 Å². The number of ether oxygens (including phenoxy) is 3. The number of amides is 1. The van der Waals surface area contributed by atoms with Gasteiger partial charge in [0, 0.05) is 10.9 Å². The monoisotopic (exact) mass is 727 g/mol. The minimum absolute atomic E-state index is 0.102. The Kier molecular flexibility index (Phi) is 11.2. The number of aliphatic carboxylic acids is 1. The van der Waals surface area contributed by atoms with Crippen LogP contribution in [0.5, 0.6) is 23.0 Å². The summed E-state index contributed by atoms with van der Waals surface area (Å²) >= 11 is 3.42. The number of carboxylic acids is 1. The van der Waals surface area contributed by atoms with Crippen molar-refractivity contribution in [2.24, 2.45) is 0 Å². The number of benzene rings is 6. The Hall–Kier alpha value is -5.86. The molecule has 0 heterocycles.